The SMILES string of the molecule is CCNC(=O)N1CC[NH+](CCN2C(=O)[C@@H](CC)S[C@H]2c2ccccc2F)CC1. The van der Waals surface area contributed by atoms with Gasteiger partial charge in [0, 0.05) is 12.1 Å². The molecule has 154 valence electrons. The molecule has 2 heterocycles. The summed E-state index contributed by atoms with van der Waals surface area (Å²) in [5, 5.41) is 2.48. The fourth-order valence-corrected chi connectivity index (χ4v) is 5.27. The topological polar surface area (TPSA) is 57.1 Å². The van der Waals surface area contributed by atoms with Crippen LogP contribution in [0.25, 0.3) is 0 Å². The Kier molecular flexibility index (Phi) is 7.18. The van der Waals surface area contributed by atoms with Gasteiger partial charge in [0.1, 0.15) is 11.2 Å². The quantitative estimate of drug-likeness (QED) is 0.740. The van der Waals surface area contributed by atoms with Gasteiger partial charge in [0.15, 0.2) is 0 Å². The highest BCUT2D eigenvalue weighted by Crippen LogP contribution is 2.44. The van der Waals surface area contributed by atoms with Crippen LogP contribution < -0.4 is 10.2 Å². The van der Waals surface area contributed by atoms with E-state index in [9.17, 15) is 14.0 Å². The highest BCUT2D eigenvalue weighted by Gasteiger charge is 2.41. The van der Waals surface area contributed by atoms with Crippen LogP contribution in [0.3, 0.4) is 0 Å². The zero-order valence-electron chi connectivity index (χ0n) is 16.6. The molecule has 28 heavy (non-hydrogen) atoms. The number of halogens is 1. The van der Waals surface area contributed by atoms with Crippen molar-refractivity contribution in [1.82, 2.24) is 15.1 Å². The highest BCUT2D eigenvalue weighted by molar-refractivity contribution is 8.01. The number of nitrogens with one attached hydrogen (secondary N) is 2. The van der Waals surface area contributed by atoms with E-state index < -0.39 is 0 Å². The predicted molar refractivity (Wildman–Crippen MR) is 109 cm³/mol. The maximum atomic E-state index is 14.3. The van der Waals surface area contributed by atoms with Gasteiger partial charge < -0.3 is 20.0 Å². The minimum atomic E-state index is -0.255. The molecule has 2 aliphatic heterocycles. The molecule has 2 N–H and O–H groups in total. The summed E-state index contributed by atoms with van der Waals surface area (Å²) in [5.41, 5.74) is 0.591. The molecule has 2 aliphatic rings. The van der Waals surface area contributed by atoms with Gasteiger partial charge in [0.2, 0.25) is 5.91 Å². The molecule has 0 spiro atoms. The number of urea groups is 1. The number of rotatable bonds is 6. The Morgan fingerprint density at radius 2 is 2.00 bits per heavy atom. The standard InChI is InChI=1S/C20H29FN4O2S/c1-3-17-18(26)25(19(28-17)15-7-5-6-8-16(15)21)14-11-23-9-12-24(13-10-23)20(27)22-4-2/h5-8,17,19H,3-4,9-14H2,1-2H3,(H,22,27)/p+1/t17-,19+/m1/s1. The number of hydrogen-bond donors (Lipinski definition) is 2. The van der Waals surface area contributed by atoms with Crippen LogP contribution in [0.15, 0.2) is 24.3 Å². The Hall–Kier alpha value is -1.80. The zero-order chi connectivity index (χ0) is 20.1. The number of benzene rings is 1. The number of quaternary nitrogens is 1. The van der Waals surface area contributed by atoms with Gasteiger partial charge in [-0.1, -0.05) is 25.1 Å². The molecule has 6 nitrogen and oxygen atoms in total. The van der Waals surface area contributed by atoms with Crippen molar-refractivity contribution in [3.63, 3.8) is 0 Å². The second kappa shape index (κ2) is 9.60. The fourth-order valence-electron chi connectivity index (χ4n) is 3.82. The molecule has 2 atom stereocenters. The Bertz CT molecular complexity index is 697. The van der Waals surface area contributed by atoms with E-state index >= 15 is 0 Å². The van der Waals surface area contributed by atoms with Gasteiger partial charge >= 0.3 is 6.03 Å². The van der Waals surface area contributed by atoms with E-state index in [-0.39, 0.29) is 28.4 Å². The van der Waals surface area contributed by atoms with Crippen molar-refractivity contribution in [2.24, 2.45) is 0 Å². The van der Waals surface area contributed by atoms with Crippen LogP contribution in [0.4, 0.5) is 9.18 Å². The van der Waals surface area contributed by atoms with Crippen LogP contribution >= 0.6 is 11.8 Å². The number of thioether (sulfide) groups is 1. The molecule has 0 saturated carbocycles. The third-order valence-corrected chi connectivity index (χ3v) is 7.10. The van der Waals surface area contributed by atoms with Crippen LogP contribution in [0.5, 0.6) is 0 Å². The van der Waals surface area contributed by atoms with Crippen LogP contribution in [-0.4, -0.2) is 72.8 Å². The van der Waals surface area contributed by atoms with Crippen molar-refractivity contribution in [1.29, 1.82) is 0 Å². The van der Waals surface area contributed by atoms with E-state index in [0.717, 1.165) is 39.1 Å². The second-order valence-electron chi connectivity index (χ2n) is 7.26. The first-order valence-corrected chi connectivity index (χ1v) is 11.1. The lowest BCUT2D eigenvalue weighted by Gasteiger charge is -2.33. The predicted octanol–water partition coefficient (Wildman–Crippen LogP) is 1.11. The lowest BCUT2D eigenvalue weighted by Crippen LogP contribution is -3.15. The van der Waals surface area contributed by atoms with Crippen molar-refractivity contribution < 1.29 is 18.9 Å². The van der Waals surface area contributed by atoms with E-state index in [0.29, 0.717) is 18.7 Å². The van der Waals surface area contributed by atoms with Crippen molar-refractivity contribution in [2.45, 2.75) is 30.9 Å². The molecule has 0 radical (unpaired) electrons. The molecule has 1 aromatic carbocycles. The monoisotopic (exact) mass is 409 g/mol. The van der Waals surface area contributed by atoms with Gasteiger partial charge in [-0.05, 0) is 19.4 Å². The highest BCUT2D eigenvalue weighted by atomic mass is 32.2. The van der Waals surface area contributed by atoms with Gasteiger partial charge in [0.25, 0.3) is 0 Å². The van der Waals surface area contributed by atoms with Gasteiger partial charge in [-0.15, -0.1) is 11.8 Å². The first-order chi connectivity index (χ1) is 13.5. The summed E-state index contributed by atoms with van der Waals surface area (Å²) in [4.78, 5) is 29.8. The molecule has 2 fully saturated rings. The first kappa shape index (κ1) is 20.9. The van der Waals surface area contributed by atoms with E-state index in [2.05, 4.69) is 5.32 Å². The maximum absolute atomic E-state index is 14.3. The van der Waals surface area contributed by atoms with Crippen molar-refractivity contribution in [3.05, 3.63) is 35.6 Å². The molecule has 3 amide bonds. The molecule has 2 saturated heterocycles. The molecule has 3 rings (SSSR count). The Balaban J connectivity index is 1.60. The normalized spacial score (nSPS) is 23.3. The van der Waals surface area contributed by atoms with Crippen molar-refractivity contribution in [3.8, 4) is 0 Å². The molecular formula is C20H30FN4O2S+. The maximum Gasteiger partial charge on any atom is 0.317 e. The summed E-state index contributed by atoms with van der Waals surface area (Å²) in [6.45, 7) is 9.16. The van der Waals surface area contributed by atoms with Crippen molar-refractivity contribution >= 4 is 23.7 Å². The summed E-state index contributed by atoms with van der Waals surface area (Å²) in [5.74, 6) is -0.140. The number of amides is 3. The van der Waals surface area contributed by atoms with E-state index in [4.69, 9.17) is 0 Å². The summed E-state index contributed by atoms with van der Waals surface area (Å²) in [6, 6.07) is 6.75. The molecule has 8 heteroatoms. The lowest BCUT2D eigenvalue weighted by atomic mass is 10.2. The van der Waals surface area contributed by atoms with Crippen LogP contribution in [0.1, 0.15) is 31.2 Å². The minimum Gasteiger partial charge on any atom is -0.338 e. The number of nitrogens with zero attached hydrogens (tertiary/aromatic N) is 2. The molecule has 0 bridgehead atoms. The number of carbonyl (C=O) groups excluding carboxylic acids is 2. The summed E-state index contributed by atoms with van der Waals surface area (Å²) in [7, 11) is 0. The fraction of sp³-hybridized carbons (Fsp3) is 0.600. The third kappa shape index (κ3) is 4.60. The minimum absolute atomic E-state index is 0.00178. The smallest absolute Gasteiger partial charge is 0.317 e. The van der Waals surface area contributed by atoms with Crippen LogP contribution in [0.2, 0.25) is 0 Å². The van der Waals surface area contributed by atoms with Gasteiger partial charge in [-0.3, -0.25) is 4.79 Å². The summed E-state index contributed by atoms with van der Waals surface area (Å²) in [6.07, 6.45) is 0.753. The zero-order valence-corrected chi connectivity index (χ0v) is 17.4. The molecule has 0 aromatic heterocycles. The average molecular weight is 410 g/mol. The van der Waals surface area contributed by atoms with Gasteiger partial charge in [0.05, 0.1) is 44.5 Å². The summed E-state index contributed by atoms with van der Waals surface area (Å²) < 4.78 is 14.3. The Labute approximate surface area is 170 Å². The van der Waals surface area contributed by atoms with Gasteiger partial charge in [-0.25, -0.2) is 9.18 Å². The second-order valence-corrected chi connectivity index (χ2v) is 8.55. The first-order valence-electron chi connectivity index (χ1n) is 10.1. The average Bonchev–Trinajstić information content (AvgIpc) is 3.02. The van der Waals surface area contributed by atoms with Crippen molar-refractivity contribution in [2.75, 3.05) is 45.8 Å². The molecule has 1 aromatic rings. The molecule has 0 aliphatic carbocycles. The Morgan fingerprint density at radius 1 is 1.29 bits per heavy atom. The third-order valence-electron chi connectivity index (χ3n) is 5.47. The van der Waals surface area contributed by atoms with E-state index in [1.165, 1.54) is 11.0 Å². The number of hydrogen-bond acceptors (Lipinski definition) is 3. The number of carbonyl (C=O) groups is 2. The Morgan fingerprint density at radius 3 is 2.64 bits per heavy atom. The molecule has 0 unspecified atom stereocenters. The van der Waals surface area contributed by atoms with E-state index in [1.807, 2.05) is 29.7 Å². The van der Waals surface area contributed by atoms with E-state index in [1.54, 1.807) is 23.9 Å². The van der Waals surface area contributed by atoms with Gasteiger partial charge in [-0.2, -0.15) is 0 Å². The van der Waals surface area contributed by atoms with Crippen LogP contribution in [0, 0.1) is 5.82 Å². The molecular weight excluding hydrogens is 379 g/mol. The largest absolute Gasteiger partial charge is 0.338 e. The number of piperazine rings is 1. The summed E-state index contributed by atoms with van der Waals surface area (Å²) >= 11 is 1.56. The van der Waals surface area contributed by atoms with Crippen LogP contribution in [-0.2, 0) is 4.79 Å². The lowest BCUT2D eigenvalue weighted by molar-refractivity contribution is -0.903.